The summed E-state index contributed by atoms with van der Waals surface area (Å²) in [5.41, 5.74) is -5.40. The van der Waals surface area contributed by atoms with Gasteiger partial charge < -0.3 is 39.2 Å². The molecule has 0 aliphatic rings. The highest BCUT2D eigenvalue weighted by atomic mass is 19.4. The summed E-state index contributed by atoms with van der Waals surface area (Å²) in [6.07, 6.45) is -7.76. The van der Waals surface area contributed by atoms with Crippen molar-refractivity contribution in [1.29, 1.82) is 0 Å². The highest BCUT2D eigenvalue weighted by molar-refractivity contribution is 5.89. The lowest BCUT2D eigenvalue weighted by Gasteiger charge is -2.33. The number of amides is 4. The molecule has 20 heteroatoms. The molecule has 56 heavy (non-hydrogen) atoms. The van der Waals surface area contributed by atoms with Crippen molar-refractivity contribution in [3.05, 3.63) is 35.7 Å². The van der Waals surface area contributed by atoms with Gasteiger partial charge >= 0.3 is 24.3 Å². The Morgan fingerprint density at radius 2 is 1.48 bits per heavy atom. The van der Waals surface area contributed by atoms with Crippen molar-refractivity contribution in [2.45, 2.75) is 117 Å². The summed E-state index contributed by atoms with van der Waals surface area (Å²) in [7, 11) is 3.65. The number of nitrogens with one attached hydrogen (secondary N) is 3. The quantitative estimate of drug-likeness (QED) is 0.164. The first-order valence-corrected chi connectivity index (χ1v) is 17.6. The minimum absolute atomic E-state index is 0.0933. The summed E-state index contributed by atoms with van der Waals surface area (Å²) in [6, 6.07) is 3.11. The molecule has 0 fully saturated rings. The number of halogens is 3. The molecule has 17 nitrogen and oxygen atoms in total. The van der Waals surface area contributed by atoms with Crippen molar-refractivity contribution < 1.29 is 60.8 Å². The second kappa shape index (κ2) is 19.0. The lowest BCUT2D eigenvalue weighted by molar-refractivity contribution is -0.211. The van der Waals surface area contributed by atoms with Crippen LogP contribution in [-0.4, -0.2) is 113 Å². The maximum atomic E-state index is 14.6. The molecule has 0 bridgehead atoms. The zero-order chi connectivity index (χ0) is 42.8. The number of benzene rings is 1. The Hall–Kier alpha value is -5.30. The molecule has 0 saturated heterocycles. The van der Waals surface area contributed by atoms with Gasteiger partial charge in [-0.3, -0.25) is 19.6 Å². The highest BCUT2D eigenvalue weighted by Gasteiger charge is 2.63. The van der Waals surface area contributed by atoms with Crippen LogP contribution in [0.1, 0.15) is 73.6 Å². The van der Waals surface area contributed by atoms with Crippen LogP contribution in [0.15, 0.2) is 24.4 Å². The van der Waals surface area contributed by atoms with E-state index in [0.29, 0.717) is 17.1 Å². The molecule has 2 rings (SSSR count). The lowest BCUT2D eigenvalue weighted by Crippen LogP contribution is -2.66. The summed E-state index contributed by atoms with van der Waals surface area (Å²) in [6.45, 7) is 13.6. The first-order valence-electron chi connectivity index (χ1n) is 17.6. The van der Waals surface area contributed by atoms with E-state index < -0.39 is 77.9 Å². The number of alkyl halides is 3. The van der Waals surface area contributed by atoms with E-state index in [1.165, 1.54) is 51.5 Å². The van der Waals surface area contributed by atoms with Gasteiger partial charge in [0, 0.05) is 30.8 Å². The Kier molecular flexibility index (Phi) is 15.9. The zero-order valence-electron chi connectivity index (χ0n) is 33.9. The third kappa shape index (κ3) is 13.8. The molecule has 1 heterocycles. The molecule has 1 unspecified atom stereocenters. The van der Waals surface area contributed by atoms with Crippen molar-refractivity contribution in [3.63, 3.8) is 0 Å². The molecule has 0 saturated carbocycles. The molecule has 3 N–H and O–H groups in total. The van der Waals surface area contributed by atoms with E-state index in [2.05, 4.69) is 25.7 Å². The van der Waals surface area contributed by atoms with Gasteiger partial charge in [0.15, 0.2) is 0 Å². The molecule has 0 radical (unpaired) electrons. The fourth-order valence-electron chi connectivity index (χ4n) is 5.16. The van der Waals surface area contributed by atoms with Crippen LogP contribution in [0.25, 0.3) is 0 Å². The Morgan fingerprint density at radius 1 is 0.875 bits per heavy atom. The largest absolute Gasteiger partial charge is 0.497 e. The van der Waals surface area contributed by atoms with Crippen LogP contribution < -0.4 is 25.4 Å². The Balaban J connectivity index is 2.36. The van der Waals surface area contributed by atoms with Crippen molar-refractivity contribution in [1.82, 2.24) is 35.8 Å². The standard InChI is InChI=1S/C36H54F3N7O10/c1-21(2)26(19-46-18-24(43-44-46)16-35(30(49)54-12,36(37,38)39)42-32(51)56-34(7,8)9)41-28(47)20-45(17-23-13-14-25(52-10)15-27(23)53-11)29(48)22(3)40-31(50)55-33(4,5)6/h13-15,18,21-22,26H,16-17,19-20H2,1-12H3,(H,40,50)(H,41,47)(H,42,51)/t22-,26+,35?/m0/s1. The average molecular weight is 802 g/mol. The minimum atomic E-state index is -5.35. The van der Waals surface area contributed by atoms with Gasteiger partial charge in [-0.25, -0.2) is 14.4 Å². The van der Waals surface area contributed by atoms with Gasteiger partial charge in [-0.2, -0.15) is 13.2 Å². The van der Waals surface area contributed by atoms with Crippen molar-refractivity contribution in [2.75, 3.05) is 27.9 Å². The van der Waals surface area contributed by atoms with Crippen LogP contribution in [0.4, 0.5) is 22.8 Å². The number of nitrogens with zero attached hydrogens (tertiary/aromatic N) is 4. The molecular weight excluding hydrogens is 747 g/mol. The summed E-state index contributed by atoms with van der Waals surface area (Å²) in [5.74, 6) is -2.45. The predicted molar refractivity (Wildman–Crippen MR) is 194 cm³/mol. The number of carbonyl (C=O) groups is 5. The van der Waals surface area contributed by atoms with E-state index in [1.54, 1.807) is 58.1 Å². The Labute approximate surface area is 324 Å². The summed E-state index contributed by atoms with van der Waals surface area (Å²) >= 11 is 0. The van der Waals surface area contributed by atoms with Gasteiger partial charge in [0.25, 0.3) is 0 Å². The third-order valence-corrected chi connectivity index (χ3v) is 7.90. The van der Waals surface area contributed by atoms with Crippen LogP contribution >= 0.6 is 0 Å². The van der Waals surface area contributed by atoms with Gasteiger partial charge in [0.2, 0.25) is 17.4 Å². The maximum absolute atomic E-state index is 14.6. The monoisotopic (exact) mass is 801 g/mol. The number of hydrogen-bond acceptors (Lipinski definition) is 12. The normalized spacial score (nSPS) is 14.1. The number of esters is 1. The summed E-state index contributed by atoms with van der Waals surface area (Å²) in [4.78, 5) is 66.2. The fraction of sp³-hybridized carbons (Fsp3) is 0.639. The number of ether oxygens (including phenoxy) is 5. The van der Waals surface area contributed by atoms with Gasteiger partial charge in [0.1, 0.15) is 28.7 Å². The Morgan fingerprint density at radius 3 is 2.00 bits per heavy atom. The van der Waals surface area contributed by atoms with Crippen LogP contribution in [-0.2, 0) is 48.1 Å². The van der Waals surface area contributed by atoms with E-state index in [9.17, 15) is 37.1 Å². The number of rotatable bonds is 16. The molecular formula is C36H54F3N7O10. The number of aromatic nitrogens is 3. The topological polar surface area (TPSA) is 202 Å². The van der Waals surface area contributed by atoms with Crippen molar-refractivity contribution in [3.8, 4) is 11.5 Å². The number of methoxy groups -OCH3 is 3. The molecule has 4 amide bonds. The van der Waals surface area contributed by atoms with E-state index in [-0.39, 0.29) is 24.7 Å². The summed E-state index contributed by atoms with van der Waals surface area (Å²) < 4.78 is 70.3. The second-order valence-electron chi connectivity index (χ2n) is 15.3. The molecule has 314 valence electrons. The van der Waals surface area contributed by atoms with Gasteiger partial charge in [-0.15, -0.1) is 5.10 Å². The molecule has 0 aliphatic carbocycles. The zero-order valence-corrected chi connectivity index (χ0v) is 33.9. The average Bonchev–Trinajstić information content (AvgIpc) is 3.50. The molecule has 0 spiro atoms. The number of carbonyl (C=O) groups excluding carboxylic acids is 5. The van der Waals surface area contributed by atoms with Gasteiger partial charge in [-0.1, -0.05) is 19.1 Å². The number of alkyl carbamates (subject to hydrolysis) is 2. The molecule has 3 atom stereocenters. The lowest BCUT2D eigenvalue weighted by atomic mass is 9.92. The van der Waals surface area contributed by atoms with Gasteiger partial charge in [0.05, 0.1) is 46.2 Å². The van der Waals surface area contributed by atoms with Crippen molar-refractivity contribution >= 4 is 30.0 Å². The number of hydrogen-bond donors (Lipinski definition) is 3. The van der Waals surface area contributed by atoms with Crippen LogP contribution in [0.5, 0.6) is 11.5 Å². The molecule has 1 aromatic heterocycles. The van der Waals surface area contributed by atoms with Crippen LogP contribution in [0.2, 0.25) is 0 Å². The Bertz CT molecular complexity index is 1690. The highest BCUT2D eigenvalue weighted by Crippen LogP contribution is 2.35. The van der Waals surface area contributed by atoms with E-state index in [0.717, 1.165) is 13.3 Å². The molecule has 0 aliphatic heterocycles. The first-order chi connectivity index (χ1) is 25.7. The smallest absolute Gasteiger partial charge is 0.422 e. The van der Waals surface area contributed by atoms with Crippen molar-refractivity contribution in [2.24, 2.45) is 5.92 Å². The van der Waals surface area contributed by atoms with Crippen LogP contribution in [0, 0.1) is 5.92 Å². The SMILES string of the molecule is COC(=O)C(Cc1cn(C[C@@H](NC(=O)CN(Cc2ccc(OC)cc2OC)C(=O)[C@H](C)NC(=O)OC(C)(C)C)C(C)C)nn1)(NC(=O)OC(C)(C)C)C(F)(F)F. The van der Waals surface area contributed by atoms with Crippen LogP contribution in [0.3, 0.4) is 0 Å². The van der Waals surface area contributed by atoms with Gasteiger partial charge in [-0.05, 0) is 66.5 Å². The van der Waals surface area contributed by atoms with E-state index in [1.807, 2.05) is 0 Å². The fourth-order valence-corrected chi connectivity index (χ4v) is 5.16. The summed E-state index contributed by atoms with van der Waals surface area (Å²) in [5, 5.41) is 14.7. The van der Waals surface area contributed by atoms with E-state index >= 15 is 0 Å². The first kappa shape index (κ1) is 46.9. The predicted octanol–water partition coefficient (Wildman–Crippen LogP) is 3.92. The molecule has 1 aromatic carbocycles. The minimum Gasteiger partial charge on any atom is -0.497 e. The second-order valence-corrected chi connectivity index (χ2v) is 15.3. The van der Waals surface area contributed by atoms with E-state index in [4.69, 9.17) is 18.9 Å². The maximum Gasteiger partial charge on any atom is 0.422 e. The third-order valence-electron chi connectivity index (χ3n) is 7.90. The molecule has 2 aromatic rings.